The quantitative estimate of drug-likeness (QED) is 0.836. The number of carbonyl (C=O) groups is 1. The number of anilines is 1. The van der Waals surface area contributed by atoms with Crippen molar-refractivity contribution in [2.75, 3.05) is 38.1 Å². The number of halogens is 1. The van der Waals surface area contributed by atoms with Crippen LogP contribution in [0.1, 0.15) is 25.7 Å². The van der Waals surface area contributed by atoms with E-state index in [4.69, 9.17) is 16.3 Å². The van der Waals surface area contributed by atoms with Crippen molar-refractivity contribution < 1.29 is 17.9 Å². The van der Waals surface area contributed by atoms with Gasteiger partial charge in [0.1, 0.15) is 10.6 Å². The summed E-state index contributed by atoms with van der Waals surface area (Å²) in [6.07, 6.45) is 4.08. The fourth-order valence-electron chi connectivity index (χ4n) is 3.98. The van der Waals surface area contributed by atoms with Gasteiger partial charge in [0.05, 0.1) is 10.7 Å². The molecule has 0 spiro atoms. The number of likely N-dealkylation sites (tertiary alicyclic amines) is 1. The normalized spacial score (nSPS) is 24.3. The fourth-order valence-corrected chi connectivity index (χ4v) is 6.18. The van der Waals surface area contributed by atoms with Crippen LogP contribution in [0.3, 0.4) is 0 Å². The number of ether oxygens (including phenoxy) is 1. The third-order valence-electron chi connectivity index (χ3n) is 5.24. The van der Waals surface area contributed by atoms with E-state index in [0.29, 0.717) is 18.0 Å². The number of nitrogens with zero attached hydrogens (tertiary/aromatic N) is 2. The molecule has 2 fully saturated rings. The first-order valence-electron chi connectivity index (χ1n) is 8.95. The molecular weight excluding hydrogens is 378 g/mol. The average molecular weight is 400 g/mol. The van der Waals surface area contributed by atoms with E-state index in [9.17, 15) is 13.2 Å². The van der Waals surface area contributed by atoms with E-state index in [-0.39, 0.29) is 28.5 Å². The van der Waals surface area contributed by atoms with Gasteiger partial charge in [-0.3, -0.25) is 4.79 Å². The van der Waals surface area contributed by atoms with E-state index in [0.717, 1.165) is 32.5 Å². The van der Waals surface area contributed by atoms with Crippen molar-refractivity contribution in [3.05, 3.63) is 17.2 Å². The zero-order valence-electron chi connectivity index (χ0n) is 14.4. The predicted molar refractivity (Wildman–Crippen MR) is 98.2 cm³/mol. The summed E-state index contributed by atoms with van der Waals surface area (Å²) in [5, 5.41) is 2.74. The van der Waals surface area contributed by atoms with E-state index < -0.39 is 10.0 Å². The van der Waals surface area contributed by atoms with Gasteiger partial charge in [-0.2, -0.15) is 4.31 Å². The number of rotatable bonds is 4. The maximum atomic E-state index is 13.3. The van der Waals surface area contributed by atoms with Crippen LogP contribution < -0.4 is 10.1 Å². The van der Waals surface area contributed by atoms with Crippen LogP contribution in [0.2, 0.25) is 5.02 Å². The standard InChI is InChI=1S/C17H22ClN3O4S/c18-13-8-14-15(25-11-17(22)19-14)9-16(13)26(23,24)21-7-3-4-12(21)10-20-5-1-2-6-20/h8-9,12H,1-7,10-11H2,(H,19,22). The van der Waals surface area contributed by atoms with Crippen molar-refractivity contribution in [3.8, 4) is 5.75 Å². The molecule has 1 amide bonds. The number of nitrogens with one attached hydrogen (secondary N) is 1. The molecule has 1 N–H and O–H groups in total. The van der Waals surface area contributed by atoms with Crippen LogP contribution in [-0.2, 0) is 14.8 Å². The van der Waals surface area contributed by atoms with Crippen LogP contribution in [-0.4, -0.2) is 62.4 Å². The van der Waals surface area contributed by atoms with E-state index in [2.05, 4.69) is 10.2 Å². The van der Waals surface area contributed by atoms with Crippen LogP contribution in [0.5, 0.6) is 5.75 Å². The first-order valence-corrected chi connectivity index (χ1v) is 10.8. The van der Waals surface area contributed by atoms with Gasteiger partial charge in [-0.15, -0.1) is 0 Å². The van der Waals surface area contributed by atoms with Gasteiger partial charge in [0.2, 0.25) is 10.0 Å². The number of amides is 1. The summed E-state index contributed by atoms with van der Waals surface area (Å²) in [6.45, 7) is 3.23. The van der Waals surface area contributed by atoms with Crippen molar-refractivity contribution in [1.82, 2.24) is 9.21 Å². The van der Waals surface area contributed by atoms with Crippen molar-refractivity contribution in [2.45, 2.75) is 36.6 Å². The second kappa shape index (κ2) is 6.99. The largest absolute Gasteiger partial charge is 0.482 e. The van der Waals surface area contributed by atoms with Gasteiger partial charge in [-0.05, 0) is 44.8 Å². The van der Waals surface area contributed by atoms with Crippen LogP contribution in [0.15, 0.2) is 17.0 Å². The molecule has 0 aliphatic carbocycles. The summed E-state index contributed by atoms with van der Waals surface area (Å²) in [4.78, 5) is 13.8. The first-order chi connectivity index (χ1) is 12.4. The second-order valence-corrected chi connectivity index (χ2v) is 9.30. The third kappa shape index (κ3) is 3.31. The lowest BCUT2D eigenvalue weighted by atomic mass is 10.2. The Morgan fingerprint density at radius 1 is 1.19 bits per heavy atom. The monoisotopic (exact) mass is 399 g/mol. The Morgan fingerprint density at radius 2 is 1.96 bits per heavy atom. The van der Waals surface area contributed by atoms with Crippen molar-refractivity contribution in [3.63, 3.8) is 0 Å². The molecule has 1 aromatic carbocycles. The smallest absolute Gasteiger partial charge is 0.262 e. The predicted octanol–water partition coefficient (Wildman–Crippen LogP) is 1.92. The number of hydrogen-bond donors (Lipinski definition) is 1. The maximum absolute atomic E-state index is 13.3. The van der Waals surface area contributed by atoms with Gasteiger partial charge >= 0.3 is 0 Å². The molecule has 1 atom stereocenters. The third-order valence-corrected chi connectivity index (χ3v) is 7.66. The summed E-state index contributed by atoms with van der Waals surface area (Å²) >= 11 is 6.27. The van der Waals surface area contributed by atoms with Gasteiger partial charge in [-0.1, -0.05) is 11.6 Å². The topological polar surface area (TPSA) is 79.0 Å². The molecule has 4 rings (SSSR count). The van der Waals surface area contributed by atoms with E-state index in [1.165, 1.54) is 25.0 Å². The van der Waals surface area contributed by atoms with Gasteiger partial charge in [-0.25, -0.2) is 8.42 Å². The Morgan fingerprint density at radius 3 is 2.73 bits per heavy atom. The highest BCUT2D eigenvalue weighted by molar-refractivity contribution is 7.89. The molecule has 1 unspecified atom stereocenters. The van der Waals surface area contributed by atoms with Crippen molar-refractivity contribution in [1.29, 1.82) is 0 Å². The zero-order valence-corrected chi connectivity index (χ0v) is 16.0. The van der Waals surface area contributed by atoms with Crippen LogP contribution in [0.25, 0.3) is 0 Å². The molecule has 3 heterocycles. The van der Waals surface area contributed by atoms with Crippen LogP contribution in [0.4, 0.5) is 5.69 Å². The highest BCUT2D eigenvalue weighted by Gasteiger charge is 2.38. The molecule has 3 aliphatic heterocycles. The fraction of sp³-hybridized carbons (Fsp3) is 0.588. The Kier molecular flexibility index (Phi) is 4.85. The molecule has 7 nitrogen and oxygen atoms in total. The number of fused-ring (bicyclic) bond motifs is 1. The second-order valence-electron chi connectivity index (χ2n) is 7.04. The lowest BCUT2D eigenvalue weighted by Gasteiger charge is -2.28. The highest BCUT2D eigenvalue weighted by atomic mass is 35.5. The molecule has 0 radical (unpaired) electrons. The van der Waals surface area contributed by atoms with Crippen molar-refractivity contribution in [2.24, 2.45) is 0 Å². The molecular formula is C17H22ClN3O4S. The minimum absolute atomic E-state index is 0.0224. The summed E-state index contributed by atoms with van der Waals surface area (Å²) in [5.41, 5.74) is 0.403. The van der Waals surface area contributed by atoms with E-state index in [1.807, 2.05) is 0 Å². The molecule has 2 saturated heterocycles. The zero-order chi connectivity index (χ0) is 18.3. The number of benzene rings is 1. The summed E-state index contributed by atoms with van der Waals surface area (Å²) in [6, 6.07) is 2.86. The average Bonchev–Trinajstić information content (AvgIpc) is 3.26. The maximum Gasteiger partial charge on any atom is 0.262 e. The van der Waals surface area contributed by atoms with Crippen LogP contribution >= 0.6 is 11.6 Å². The van der Waals surface area contributed by atoms with Gasteiger partial charge in [0.15, 0.2) is 6.61 Å². The van der Waals surface area contributed by atoms with Gasteiger partial charge < -0.3 is 15.0 Å². The molecule has 0 aromatic heterocycles. The molecule has 0 saturated carbocycles. The molecule has 0 bridgehead atoms. The molecule has 9 heteroatoms. The summed E-state index contributed by atoms with van der Waals surface area (Å²) in [7, 11) is -3.73. The lowest BCUT2D eigenvalue weighted by molar-refractivity contribution is -0.118. The number of carbonyl (C=O) groups excluding carboxylic acids is 1. The highest BCUT2D eigenvalue weighted by Crippen LogP contribution is 2.38. The first kappa shape index (κ1) is 18.0. The SMILES string of the molecule is O=C1COc2cc(S(=O)(=O)N3CCCC3CN3CCCC3)c(Cl)cc2N1. The van der Waals surface area contributed by atoms with Gasteiger partial charge in [0.25, 0.3) is 5.91 Å². The summed E-state index contributed by atoms with van der Waals surface area (Å²) < 4.78 is 33.5. The van der Waals surface area contributed by atoms with Crippen LogP contribution in [0, 0.1) is 0 Å². The van der Waals surface area contributed by atoms with E-state index >= 15 is 0 Å². The molecule has 3 aliphatic rings. The lowest BCUT2D eigenvalue weighted by Crippen LogP contribution is -2.42. The molecule has 26 heavy (non-hydrogen) atoms. The Bertz CT molecular complexity index is 824. The molecule has 142 valence electrons. The number of hydrogen-bond acceptors (Lipinski definition) is 5. The van der Waals surface area contributed by atoms with E-state index in [1.54, 1.807) is 4.31 Å². The van der Waals surface area contributed by atoms with Crippen molar-refractivity contribution >= 4 is 33.2 Å². The molecule has 1 aromatic rings. The minimum atomic E-state index is -3.73. The summed E-state index contributed by atoms with van der Waals surface area (Å²) in [5.74, 6) is 0.0530. The Hall–Kier alpha value is -1.35. The minimum Gasteiger partial charge on any atom is -0.482 e. The Balaban J connectivity index is 1.62. The van der Waals surface area contributed by atoms with Gasteiger partial charge in [0, 0.05) is 25.2 Å². The Labute approximate surface area is 158 Å². The number of sulfonamides is 1.